The molecule has 6 heteroatoms. The topological polar surface area (TPSA) is 54.2 Å². The van der Waals surface area contributed by atoms with E-state index in [2.05, 4.69) is 55.8 Å². The lowest BCUT2D eigenvalue weighted by Crippen LogP contribution is -2.39. The molecule has 0 atom stereocenters. The Morgan fingerprint density at radius 2 is 1.92 bits per heavy atom. The molecule has 5 nitrogen and oxygen atoms in total. The predicted octanol–water partition coefficient (Wildman–Crippen LogP) is 2.90. The molecule has 0 saturated heterocycles. The summed E-state index contributed by atoms with van der Waals surface area (Å²) in [5.41, 5.74) is 1.10. The molecule has 3 aromatic rings. The van der Waals surface area contributed by atoms with Gasteiger partial charge in [0.25, 0.3) is 0 Å². The summed E-state index contributed by atoms with van der Waals surface area (Å²) < 4.78 is 3.41. The van der Waals surface area contributed by atoms with Gasteiger partial charge >= 0.3 is 0 Å². The van der Waals surface area contributed by atoms with E-state index >= 15 is 0 Å². The molecule has 2 heterocycles. The van der Waals surface area contributed by atoms with E-state index in [1.165, 1.54) is 9.71 Å². The maximum Gasteiger partial charge on any atom is 0.191 e. The summed E-state index contributed by atoms with van der Waals surface area (Å²) in [6.07, 6.45) is 6.16. The highest BCUT2D eigenvalue weighted by Crippen LogP contribution is 2.22. The van der Waals surface area contributed by atoms with Crippen molar-refractivity contribution in [3.8, 4) is 0 Å². The van der Waals surface area contributed by atoms with E-state index in [-0.39, 0.29) is 0 Å². The lowest BCUT2D eigenvalue weighted by atomic mass is 10.3. The summed E-state index contributed by atoms with van der Waals surface area (Å²) in [5, 5.41) is 7.90. The summed E-state index contributed by atoms with van der Waals surface area (Å²) in [6.45, 7) is 2.67. The second-order valence-electron chi connectivity index (χ2n) is 5.53. The molecule has 1 aromatic carbocycles. The summed E-state index contributed by atoms with van der Waals surface area (Å²) in [5.74, 6) is 0.853. The van der Waals surface area contributed by atoms with E-state index < -0.39 is 0 Å². The third kappa shape index (κ3) is 4.58. The molecule has 126 valence electrons. The van der Waals surface area contributed by atoms with Crippen LogP contribution < -0.4 is 10.6 Å². The van der Waals surface area contributed by atoms with Crippen molar-refractivity contribution < 1.29 is 0 Å². The molecule has 0 aliphatic heterocycles. The first-order valence-electron chi connectivity index (χ1n) is 8.25. The number of aromatic nitrogens is 2. The molecular formula is C18H23N5S. The number of thiazole rings is 1. The van der Waals surface area contributed by atoms with Gasteiger partial charge in [-0.05, 0) is 30.7 Å². The summed E-state index contributed by atoms with van der Waals surface area (Å²) in [6, 6.07) is 12.4. The zero-order valence-corrected chi connectivity index (χ0v) is 14.7. The van der Waals surface area contributed by atoms with Gasteiger partial charge in [-0.1, -0.05) is 12.1 Å². The second-order valence-corrected chi connectivity index (χ2v) is 6.64. The van der Waals surface area contributed by atoms with Gasteiger partial charge in [0.15, 0.2) is 5.96 Å². The molecule has 0 unspecified atom stereocenters. The van der Waals surface area contributed by atoms with E-state index in [1.54, 1.807) is 18.4 Å². The zero-order valence-electron chi connectivity index (χ0n) is 13.9. The Kier molecular flexibility index (Phi) is 5.85. The minimum absolute atomic E-state index is 0.853. The molecule has 3 rings (SSSR count). The predicted molar refractivity (Wildman–Crippen MR) is 102 cm³/mol. The number of nitrogens with one attached hydrogen (secondary N) is 2. The molecule has 0 bridgehead atoms. The molecular weight excluding hydrogens is 318 g/mol. The average molecular weight is 341 g/mol. The van der Waals surface area contributed by atoms with Crippen molar-refractivity contribution in [3.63, 3.8) is 0 Å². The maximum absolute atomic E-state index is 4.67. The normalized spacial score (nSPS) is 11.8. The van der Waals surface area contributed by atoms with Crippen molar-refractivity contribution in [1.29, 1.82) is 0 Å². The van der Waals surface area contributed by atoms with Gasteiger partial charge in [-0.3, -0.25) is 4.99 Å². The lowest BCUT2D eigenvalue weighted by Gasteiger charge is -2.11. The molecule has 0 aliphatic rings. The Morgan fingerprint density at radius 1 is 1.12 bits per heavy atom. The van der Waals surface area contributed by atoms with Gasteiger partial charge in [0.1, 0.15) is 0 Å². The minimum Gasteiger partial charge on any atom is -0.356 e. The van der Waals surface area contributed by atoms with Gasteiger partial charge in [-0.15, -0.1) is 11.3 Å². The fourth-order valence-electron chi connectivity index (χ4n) is 2.52. The standard InChI is InChI=1S/C18H23N5S/c1-19-18(21-11-14-23-12-4-5-13-23)20-10-6-9-17-22-15-7-2-3-8-16(15)24-17/h2-5,7-8,12-13H,6,9-11,14H2,1H3,(H2,19,20,21). The number of aryl methyl sites for hydroxylation is 1. The summed E-state index contributed by atoms with van der Waals surface area (Å²) in [7, 11) is 1.80. The number of nitrogens with zero attached hydrogens (tertiary/aromatic N) is 3. The van der Waals surface area contributed by atoms with Crippen LogP contribution in [0.15, 0.2) is 53.8 Å². The number of aliphatic imine (C=N–C) groups is 1. The van der Waals surface area contributed by atoms with Crippen LogP contribution >= 0.6 is 11.3 Å². The zero-order chi connectivity index (χ0) is 16.6. The Balaban J connectivity index is 1.36. The number of hydrogen-bond acceptors (Lipinski definition) is 3. The highest BCUT2D eigenvalue weighted by atomic mass is 32.1. The van der Waals surface area contributed by atoms with Crippen LogP contribution in [-0.4, -0.2) is 35.6 Å². The summed E-state index contributed by atoms with van der Waals surface area (Å²) >= 11 is 1.79. The molecule has 0 amide bonds. The SMILES string of the molecule is CN=C(NCCCc1nc2ccccc2s1)NCCn1cccc1. The molecule has 24 heavy (non-hydrogen) atoms. The molecule has 0 fully saturated rings. The van der Waals surface area contributed by atoms with Crippen molar-refractivity contribution in [1.82, 2.24) is 20.2 Å². The van der Waals surface area contributed by atoms with Crippen LogP contribution in [0.2, 0.25) is 0 Å². The van der Waals surface area contributed by atoms with Gasteiger partial charge in [-0.2, -0.15) is 0 Å². The fraction of sp³-hybridized carbons (Fsp3) is 0.333. The van der Waals surface area contributed by atoms with E-state index in [4.69, 9.17) is 0 Å². The van der Waals surface area contributed by atoms with E-state index in [0.29, 0.717) is 0 Å². The van der Waals surface area contributed by atoms with E-state index in [1.807, 2.05) is 18.2 Å². The number of rotatable bonds is 7. The Labute approximate surface area is 146 Å². The monoisotopic (exact) mass is 341 g/mol. The van der Waals surface area contributed by atoms with Crippen molar-refractivity contribution in [2.24, 2.45) is 4.99 Å². The number of benzene rings is 1. The van der Waals surface area contributed by atoms with E-state index in [9.17, 15) is 0 Å². The highest BCUT2D eigenvalue weighted by molar-refractivity contribution is 7.18. The smallest absolute Gasteiger partial charge is 0.191 e. The Morgan fingerprint density at radius 3 is 2.71 bits per heavy atom. The van der Waals surface area contributed by atoms with Crippen LogP contribution in [0.1, 0.15) is 11.4 Å². The van der Waals surface area contributed by atoms with Gasteiger partial charge in [0.2, 0.25) is 0 Å². The Bertz CT molecular complexity index is 743. The number of hydrogen-bond donors (Lipinski definition) is 2. The molecule has 0 spiro atoms. The molecule has 0 radical (unpaired) electrons. The lowest BCUT2D eigenvalue weighted by molar-refractivity contribution is 0.661. The minimum atomic E-state index is 0.853. The maximum atomic E-state index is 4.67. The fourth-order valence-corrected chi connectivity index (χ4v) is 3.53. The number of fused-ring (bicyclic) bond motifs is 1. The molecule has 0 saturated carbocycles. The first-order chi connectivity index (χ1) is 11.8. The van der Waals surface area contributed by atoms with Gasteiger partial charge in [0, 0.05) is 45.5 Å². The first kappa shape index (κ1) is 16.5. The third-order valence-corrected chi connectivity index (χ3v) is 4.85. The van der Waals surface area contributed by atoms with Crippen molar-refractivity contribution >= 4 is 27.5 Å². The third-order valence-electron chi connectivity index (χ3n) is 3.75. The highest BCUT2D eigenvalue weighted by Gasteiger charge is 2.03. The van der Waals surface area contributed by atoms with Crippen LogP contribution in [0.4, 0.5) is 0 Å². The van der Waals surface area contributed by atoms with Crippen molar-refractivity contribution in [3.05, 3.63) is 53.8 Å². The largest absolute Gasteiger partial charge is 0.356 e. The molecule has 2 N–H and O–H groups in total. The van der Waals surface area contributed by atoms with Crippen LogP contribution in [0, 0.1) is 0 Å². The summed E-state index contributed by atoms with van der Waals surface area (Å²) in [4.78, 5) is 8.93. The van der Waals surface area contributed by atoms with Crippen LogP contribution in [0.25, 0.3) is 10.2 Å². The van der Waals surface area contributed by atoms with Crippen LogP contribution in [0.3, 0.4) is 0 Å². The van der Waals surface area contributed by atoms with Gasteiger partial charge in [-0.25, -0.2) is 4.98 Å². The molecule has 2 aromatic heterocycles. The van der Waals surface area contributed by atoms with Gasteiger partial charge in [0.05, 0.1) is 15.2 Å². The van der Waals surface area contributed by atoms with Crippen LogP contribution in [0.5, 0.6) is 0 Å². The van der Waals surface area contributed by atoms with Crippen LogP contribution in [-0.2, 0) is 13.0 Å². The van der Waals surface area contributed by atoms with Crippen molar-refractivity contribution in [2.45, 2.75) is 19.4 Å². The van der Waals surface area contributed by atoms with Gasteiger partial charge < -0.3 is 15.2 Å². The van der Waals surface area contributed by atoms with E-state index in [0.717, 1.165) is 44.0 Å². The first-order valence-corrected chi connectivity index (χ1v) is 9.06. The quantitative estimate of drug-likeness (QED) is 0.395. The number of para-hydroxylation sites is 1. The Hall–Kier alpha value is -2.34. The van der Waals surface area contributed by atoms with Crippen molar-refractivity contribution in [2.75, 3.05) is 20.1 Å². The molecule has 0 aliphatic carbocycles. The average Bonchev–Trinajstić information content (AvgIpc) is 3.25. The second kappa shape index (κ2) is 8.49. The number of guanidine groups is 1.